The van der Waals surface area contributed by atoms with E-state index in [9.17, 15) is 4.79 Å². The summed E-state index contributed by atoms with van der Waals surface area (Å²) in [6.45, 7) is 0.730. The van der Waals surface area contributed by atoms with Crippen molar-refractivity contribution >= 4 is 17.7 Å². The minimum Gasteiger partial charge on any atom is -0.497 e. The van der Waals surface area contributed by atoms with Gasteiger partial charge in [0.1, 0.15) is 11.5 Å². The first kappa shape index (κ1) is 20.3. The maximum Gasteiger partial charge on any atom is 0.233 e. The molecule has 1 atom stereocenters. The molecule has 1 saturated heterocycles. The molecular formula is C22H24N4O3S. The Morgan fingerprint density at radius 3 is 2.60 bits per heavy atom. The summed E-state index contributed by atoms with van der Waals surface area (Å²) in [6, 6.07) is 15.4. The van der Waals surface area contributed by atoms with Crippen LogP contribution in [0, 0.1) is 0 Å². The molecular weight excluding hydrogens is 400 g/mol. The molecule has 1 amide bonds. The lowest BCUT2D eigenvalue weighted by Gasteiger charge is -2.15. The quantitative estimate of drug-likeness (QED) is 0.650. The third-order valence-electron chi connectivity index (χ3n) is 5.04. The summed E-state index contributed by atoms with van der Waals surface area (Å²) in [5.74, 6) is 2.20. The molecule has 156 valence electrons. The Hall–Kier alpha value is -3.00. The fourth-order valence-corrected chi connectivity index (χ4v) is 4.58. The molecule has 0 saturated carbocycles. The van der Waals surface area contributed by atoms with Crippen molar-refractivity contribution in [1.82, 2.24) is 20.1 Å². The Morgan fingerprint density at radius 2 is 1.83 bits per heavy atom. The number of benzene rings is 2. The van der Waals surface area contributed by atoms with Gasteiger partial charge < -0.3 is 14.8 Å². The van der Waals surface area contributed by atoms with Crippen LogP contribution in [0.25, 0.3) is 17.1 Å². The van der Waals surface area contributed by atoms with Gasteiger partial charge in [0.05, 0.1) is 30.7 Å². The first-order chi connectivity index (χ1) is 14.7. The molecule has 3 aromatic rings. The highest BCUT2D eigenvalue weighted by Crippen LogP contribution is 2.35. The fourth-order valence-electron chi connectivity index (χ4n) is 3.47. The summed E-state index contributed by atoms with van der Waals surface area (Å²) in [5.41, 5.74) is 1.72. The van der Waals surface area contributed by atoms with Crippen LogP contribution in [-0.2, 0) is 4.79 Å². The zero-order valence-electron chi connectivity index (χ0n) is 17.0. The van der Waals surface area contributed by atoms with E-state index in [1.54, 1.807) is 14.2 Å². The van der Waals surface area contributed by atoms with Crippen LogP contribution < -0.4 is 14.8 Å². The maximum absolute atomic E-state index is 12.5. The summed E-state index contributed by atoms with van der Waals surface area (Å²) in [6.07, 6.45) is 2.82. The summed E-state index contributed by atoms with van der Waals surface area (Å²) < 4.78 is 12.8. The SMILES string of the molecule is COc1ccc(-n2c(SC3CCCCNC3=O)nnc2-c2ccccc2OC)cc1. The van der Waals surface area contributed by atoms with E-state index < -0.39 is 0 Å². The Morgan fingerprint density at radius 1 is 1.03 bits per heavy atom. The standard InChI is InChI=1S/C22H24N4O3S/c1-28-16-12-10-15(11-13-16)26-20(17-7-3-4-8-18(17)29-2)24-25-22(26)30-19-9-5-6-14-23-21(19)27/h3-4,7-8,10-13,19H,5-6,9,14H2,1-2H3,(H,23,27). The summed E-state index contributed by atoms with van der Waals surface area (Å²) in [5, 5.41) is 12.4. The molecule has 1 aromatic heterocycles. The van der Waals surface area contributed by atoms with Crippen molar-refractivity contribution in [3.8, 4) is 28.6 Å². The van der Waals surface area contributed by atoms with Gasteiger partial charge in [0.15, 0.2) is 11.0 Å². The molecule has 1 fully saturated rings. The van der Waals surface area contributed by atoms with Gasteiger partial charge in [0, 0.05) is 6.54 Å². The average molecular weight is 425 g/mol. The molecule has 0 radical (unpaired) electrons. The Labute approximate surface area is 179 Å². The van der Waals surface area contributed by atoms with Crippen LogP contribution in [0.1, 0.15) is 19.3 Å². The van der Waals surface area contributed by atoms with Gasteiger partial charge in [-0.1, -0.05) is 30.3 Å². The van der Waals surface area contributed by atoms with Crippen LogP contribution in [0.3, 0.4) is 0 Å². The number of nitrogens with zero attached hydrogens (tertiary/aromatic N) is 3. The van der Waals surface area contributed by atoms with Crippen LogP contribution in [0.4, 0.5) is 0 Å². The third kappa shape index (κ3) is 4.14. The third-order valence-corrected chi connectivity index (χ3v) is 6.25. The lowest BCUT2D eigenvalue weighted by Crippen LogP contribution is -2.30. The van der Waals surface area contributed by atoms with E-state index in [1.165, 1.54) is 11.8 Å². The zero-order valence-corrected chi connectivity index (χ0v) is 17.8. The largest absolute Gasteiger partial charge is 0.497 e. The minimum atomic E-state index is -0.195. The van der Waals surface area contributed by atoms with Gasteiger partial charge in [-0.05, 0) is 49.2 Å². The van der Waals surface area contributed by atoms with Crippen molar-refractivity contribution in [1.29, 1.82) is 0 Å². The molecule has 7 nitrogen and oxygen atoms in total. The van der Waals surface area contributed by atoms with Crippen LogP contribution in [0.15, 0.2) is 53.7 Å². The molecule has 2 heterocycles. The lowest BCUT2D eigenvalue weighted by molar-refractivity contribution is -0.120. The number of para-hydroxylation sites is 1. The molecule has 1 unspecified atom stereocenters. The first-order valence-electron chi connectivity index (χ1n) is 9.89. The first-order valence-corrected chi connectivity index (χ1v) is 10.8. The Kier molecular flexibility index (Phi) is 6.23. The molecule has 0 aliphatic carbocycles. The second-order valence-electron chi connectivity index (χ2n) is 6.93. The fraction of sp³-hybridized carbons (Fsp3) is 0.318. The number of ether oxygens (including phenoxy) is 2. The van der Waals surface area contributed by atoms with Crippen LogP contribution >= 0.6 is 11.8 Å². The van der Waals surface area contributed by atoms with Crippen LogP contribution in [0.2, 0.25) is 0 Å². The van der Waals surface area contributed by atoms with Crippen molar-refractivity contribution in [2.75, 3.05) is 20.8 Å². The number of methoxy groups -OCH3 is 2. The Bertz CT molecular complexity index is 1020. The normalized spacial score (nSPS) is 16.6. The van der Waals surface area contributed by atoms with Crippen molar-refractivity contribution in [2.24, 2.45) is 0 Å². The number of nitrogens with one attached hydrogen (secondary N) is 1. The highest BCUT2D eigenvalue weighted by Gasteiger charge is 2.26. The van der Waals surface area contributed by atoms with Gasteiger partial charge in [-0.3, -0.25) is 9.36 Å². The molecule has 2 aromatic carbocycles. The highest BCUT2D eigenvalue weighted by atomic mass is 32.2. The predicted molar refractivity (Wildman–Crippen MR) is 116 cm³/mol. The van der Waals surface area contributed by atoms with Gasteiger partial charge in [0.25, 0.3) is 0 Å². The second-order valence-corrected chi connectivity index (χ2v) is 8.10. The van der Waals surface area contributed by atoms with Gasteiger partial charge in [-0.15, -0.1) is 10.2 Å². The molecule has 1 aliphatic heterocycles. The van der Waals surface area contributed by atoms with E-state index in [0.717, 1.165) is 42.8 Å². The number of carbonyl (C=O) groups is 1. The van der Waals surface area contributed by atoms with E-state index in [4.69, 9.17) is 9.47 Å². The lowest BCUT2D eigenvalue weighted by atomic mass is 10.2. The Balaban J connectivity index is 1.80. The maximum atomic E-state index is 12.5. The molecule has 8 heteroatoms. The number of carbonyl (C=O) groups excluding carboxylic acids is 1. The number of aromatic nitrogens is 3. The number of rotatable bonds is 6. The van der Waals surface area contributed by atoms with E-state index in [-0.39, 0.29) is 11.2 Å². The smallest absolute Gasteiger partial charge is 0.233 e. The van der Waals surface area contributed by atoms with Crippen LogP contribution in [0.5, 0.6) is 11.5 Å². The van der Waals surface area contributed by atoms with Gasteiger partial charge >= 0.3 is 0 Å². The average Bonchev–Trinajstić information content (AvgIpc) is 3.10. The highest BCUT2D eigenvalue weighted by molar-refractivity contribution is 8.00. The molecule has 0 spiro atoms. The van der Waals surface area contributed by atoms with E-state index >= 15 is 0 Å². The van der Waals surface area contributed by atoms with Gasteiger partial charge in [-0.25, -0.2) is 0 Å². The van der Waals surface area contributed by atoms with Crippen LogP contribution in [-0.4, -0.2) is 46.7 Å². The summed E-state index contributed by atoms with van der Waals surface area (Å²) in [4.78, 5) is 12.5. The minimum absolute atomic E-state index is 0.0561. The molecule has 30 heavy (non-hydrogen) atoms. The van der Waals surface area contributed by atoms with E-state index in [0.29, 0.717) is 16.7 Å². The summed E-state index contributed by atoms with van der Waals surface area (Å²) >= 11 is 1.45. The zero-order chi connectivity index (χ0) is 20.9. The molecule has 1 aliphatic rings. The number of hydrogen-bond donors (Lipinski definition) is 1. The summed E-state index contributed by atoms with van der Waals surface area (Å²) in [7, 11) is 3.28. The predicted octanol–water partition coefficient (Wildman–Crippen LogP) is 3.71. The number of thioether (sulfide) groups is 1. The number of amides is 1. The van der Waals surface area contributed by atoms with Crippen molar-refractivity contribution in [3.05, 3.63) is 48.5 Å². The van der Waals surface area contributed by atoms with Gasteiger partial charge in [0.2, 0.25) is 5.91 Å². The van der Waals surface area contributed by atoms with Crippen molar-refractivity contribution in [3.63, 3.8) is 0 Å². The molecule has 4 rings (SSSR count). The monoisotopic (exact) mass is 424 g/mol. The topological polar surface area (TPSA) is 78.3 Å². The van der Waals surface area contributed by atoms with E-state index in [1.807, 2.05) is 53.1 Å². The van der Waals surface area contributed by atoms with Crippen molar-refractivity contribution in [2.45, 2.75) is 29.7 Å². The van der Waals surface area contributed by atoms with Gasteiger partial charge in [-0.2, -0.15) is 0 Å². The van der Waals surface area contributed by atoms with E-state index in [2.05, 4.69) is 15.5 Å². The second kappa shape index (κ2) is 9.21. The van der Waals surface area contributed by atoms with Crippen molar-refractivity contribution < 1.29 is 14.3 Å². The molecule has 1 N–H and O–H groups in total. The molecule has 0 bridgehead atoms. The number of hydrogen-bond acceptors (Lipinski definition) is 6.